The zero-order valence-electron chi connectivity index (χ0n) is 12.3. The Hall–Kier alpha value is -1.40. The van der Waals surface area contributed by atoms with Crippen LogP contribution in [-0.2, 0) is 16.9 Å². The number of benzene rings is 1. The van der Waals surface area contributed by atoms with Gasteiger partial charge >= 0.3 is 0 Å². The van der Waals surface area contributed by atoms with Gasteiger partial charge in [0, 0.05) is 21.2 Å². The fourth-order valence-corrected chi connectivity index (χ4v) is 2.75. The summed E-state index contributed by atoms with van der Waals surface area (Å²) in [6.07, 6.45) is 1.61. The van der Waals surface area contributed by atoms with Crippen molar-refractivity contribution < 1.29 is 4.79 Å². The van der Waals surface area contributed by atoms with E-state index in [9.17, 15) is 9.59 Å². The number of halogens is 2. The largest absolute Gasteiger partial charge is 0.346 e. The van der Waals surface area contributed by atoms with Crippen molar-refractivity contribution in [2.24, 2.45) is 0 Å². The summed E-state index contributed by atoms with van der Waals surface area (Å²) in [6, 6.07) is 10.9. The molecule has 2 rings (SSSR count). The predicted molar refractivity (Wildman–Crippen MR) is 93.7 cm³/mol. The fraction of sp³-hybridized carbons (Fsp3) is 0.250. The molecule has 1 aromatic heterocycles. The summed E-state index contributed by atoms with van der Waals surface area (Å²) in [5, 5.41) is 2.96. The van der Waals surface area contributed by atoms with Gasteiger partial charge in [0.1, 0.15) is 6.54 Å². The van der Waals surface area contributed by atoms with E-state index in [4.69, 9.17) is 0 Å². The van der Waals surface area contributed by atoms with E-state index < -0.39 is 5.54 Å². The first kappa shape index (κ1) is 17.0. The molecule has 2 aromatic rings. The second-order valence-electron chi connectivity index (χ2n) is 5.49. The molecule has 0 bridgehead atoms. The topological polar surface area (TPSA) is 51.1 Å². The molecule has 0 fully saturated rings. The second-order valence-corrected chi connectivity index (χ2v) is 7.32. The molecule has 0 saturated carbocycles. The van der Waals surface area contributed by atoms with Crippen molar-refractivity contribution >= 4 is 37.8 Å². The number of nitrogens with zero attached hydrogens (tertiary/aromatic N) is 1. The predicted octanol–water partition coefficient (Wildman–Crippen LogP) is 3.42. The third kappa shape index (κ3) is 4.30. The average Bonchev–Trinajstić information content (AvgIpc) is 2.42. The van der Waals surface area contributed by atoms with Crippen molar-refractivity contribution in [1.82, 2.24) is 9.88 Å². The van der Waals surface area contributed by atoms with Crippen LogP contribution in [0.4, 0.5) is 0 Å². The molecule has 0 saturated heterocycles. The van der Waals surface area contributed by atoms with Crippen LogP contribution in [0.15, 0.2) is 56.3 Å². The first-order valence-electron chi connectivity index (χ1n) is 6.71. The van der Waals surface area contributed by atoms with E-state index in [1.807, 2.05) is 38.1 Å². The molecule has 1 amide bonds. The summed E-state index contributed by atoms with van der Waals surface area (Å²) in [4.78, 5) is 24.0. The lowest BCUT2D eigenvalue weighted by Crippen LogP contribution is -2.43. The van der Waals surface area contributed by atoms with Gasteiger partial charge in [-0.05, 0) is 53.5 Å². The van der Waals surface area contributed by atoms with E-state index in [1.165, 1.54) is 10.6 Å². The van der Waals surface area contributed by atoms with E-state index in [1.54, 1.807) is 12.3 Å². The van der Waals surface area contributed by atoms with Gasteiger partial charge in [-0.3, -0.25) is 9.59 Å². The summed E-state index contributed by atoms with van der Waals surface area (Å²) < 4.78 is 3.11. The zero-order valence-corrected chi connectivity index (χ0v) is 15.4. The Morgan fingerprint density at radius 2 is 1.68 bits per heavy atom. The van der Waals surface area contributed by atoms with Crippen molar-refractivity contribution in [2.75, 3.05) is 0 Å². The van der Waals surface area contributed by atoms with E-state index in [-0.39, 0.29) is 18.0 Å². The van der Waals surface area contributed by atoms with E-state index in [2.05, 4.69) is 37.2 Å². The first-order valence-corrected chi connectivity index (χ1v) is 8.29. The molecule has 6 heteroatoms. The van der Waals surface area contributed by atoms with Gasteiger partial charge in [-0.2, -0.15) is 0 Å². The van der Waals surface area contributed by atoms with Crippen molar-refractivity contribution in [1.29, 1.82) is 0 Å². The standard InChI is InChI=1S/C16H16Br2N2O2/c1-16(2,11-3-5-12(17)6-4-11)19-14(21)10-20-9-13(18)7-8-15(20)22/h3-9H,10H2,1-2H3,(H,19,21). The van der Waals surface area contributed by atoms with Crippen molar-refractivity contribution in [3.8, 4) is 0 Å². The number of nitrogens with one attached hydrogen (secondary N) is 1. The normalized spacial score (nSPS) is 11.3. The van der Waals surface area contributed by atoms with Crippen LogP contribution in [0.3, 0.4) is 0 Å². The summed E-state index contributed by atoms with van der Waals surface area (Å²) in [7, 11) is 0. The van der Waals surface area contributed by atoms with Crippen LogP contribution in [0.25, 0.3) is 0 Å². The molecule has 1 N–H and O–H groups in total. The maximum atomic E-state index is 12.2. The second kappa shape index (κ2) is 6.79. The quantitative estimate of drug-likeness (QED) is 0.812. The molecule has 0 aliphatic carbocycles. The molecule has 0 unspecified atom stereocenters. The Morgan fingerprint density at radius 3 is 2.32 bits per heavy atom. The lowest BCUT2D eigenvalue weighted by atomic mass is 9.94. The van der Waals surface area contributed by atoms with E-state index >= 15 is 0 Å². The van der Waals surface area contributed by atoms with Crippen LogP contribution in [0.2, 0.25) is 0 Å². The summed E-state index contributed by atoms with van der Waals surface area (Å²) in [5.74, 6) is -0.215. The molecule has 0 spiro atoms. The van der Waals surface area contributed by atoms with Crippen molar-refractivity contribution in [3.05, 3.63) is 67.5 Å². The highest BCUT2D eigenvalue weighted by atomic mass is 79.9. The Kier molecular flexibility index (Phi) is 5.24. The average molecular weight is 428 g/mol. The van der Waals surface area contributed by atoms with Gasteiger partial charge in [-0.15, -0.1) is 0 Å². The Balaban J connectivity index is 2.12. The highest BCUT2D eigenvalue weighted by molar-refractivity contribution is 9.10. The van der Waals surface area contributed by atoms with Crippen molar-refractivity contribution in [2.45, 2.75) is 25.9 Å². The first-order chi connectivity index (χ1) is 10.3. The lowest BCUT2D eigenvalue weighted by molar-refractivity contribution is -0.123. The van der Waals surface area contributed by atoms with Gasteiger partial charge < -0.3 is 9.88 Å². The molecule has 0 aliphatic rings. The minimum Gasteiger partial charge on any atom is -0.346 e. The van der Waals surface area contributed by atoms with Crippen molar-refractivity contribution in [3.63, 3.8) is 0 Å². The van der Waals surface area contributed by atoms with E-state index in [0.29, 0.717) is 0 Å². The van der Waals surface area contributed by atoms with Crippen LogP contribution >= 0.6 is 31.9 Å². The fourth-order valence-electron chi connectivity index (χ4n) is 2.11. The highest BCUT2D eigenvalue weighted by Crippen LogP contribution is 2.22. The van der Waals surface area contributed by atoms with Gasteiger partial charge in [0.25, 0.3) is 5.56 Å². The number of hydrogen-bond acceptors (Lipinski definition) is 2. The Labute approximate surface area is 145 Å². The molecule has 116 valence electrons. The third-order valence-electron chi connectivity index (χ3n) is 3.28. The molecule has 0 aliphatic heterocycles. The molecule has 1 heterocycles. The van der Waals surface area contributed by atoms with Gasteiger partial charge in [0.2, 0.25) is 5.91 Å². The molecule has 22 heavy (non-hydrogen) atoms. The number of rotatable bonds is 4. The van der Waals surface area contributed by atoms with Crippen LogP contribution in [0, 0.1) is 0 Å². The summed E-state index contributed by atoms with van der Waals surface area (Å²) in [5.41, 5.74) is 0.262. The van der Waals surface area contributed by atoms with Gasteiger partial charge in [0.15, 0.2) is 0 Å². The number of carbonyl (C=O) groups is 1. The molecular formula is C16H16Br2N2O2. The molecular weight excluding hydrogens is 412 g/mol. The van der Waals surface area contributed by atoms with Gasteiger partial charge in [0.05, 0.1) is 5.54 Å². The number of aromatic nitrogens is 1. The lowest BCUT2D eigenvalue weighted by Gasteiger charge is -2.27. The van der Waals surface area contributed by atoms with Crippen LogP contribution in [0.1, 0.15) is 19.4 Å². The third-order valence-corrected chi connectivity index (χ3v) is 4.28. The Morgan fingerprint density at radius 1 is 1.09 bits per heavy atom. The smallest absolute Gasteiger partial charge is 0.251 e. The monoisotopic (exact) mass is 426 g/mol. The van der Waals surface area contributed by atoms with Gasteiger partial charge in [-0.1, -0.05) is 28.1 Å². The Bertz CT molecular complexity index is 737. The van der Waals surface area contributed by atoms with Crippen LogP contribution < -0.4 is 10.9 Å². The minimum absolute atomic E-state index is 0.0156. The highest BCUT2D eigenvalue weighted by Gasteiger charge is 2.22. The summed E-state index contributed by atoms with van der Waals surface area (Å²) in [6.45, 7) is 3.84. The summed E-state index contributed by atoms with van der Waals surface area (Å²) >= 11 is 6.69. The van der Waals surface area contributed by atoms with Gasteiger partial charge in [-0.25, -0.2) is 0 Å². The maximum Gasteiger partial charge on any atom is 0.251 e. The minimum atomic E-state index is -0.520. The molecule has 0 radical (unpaired) electrons. The number of amides is 1. The molecule has 0 atom stereocenters. The SMILES string of the molecule is CC(C)(NC(=O)Cn1cc(Br)ccc1=O)c1ccc(Br)cc1. The maximum absolute atomic E-state index is 12.2. The van der Waals surface area contributed by atoms with Crippen LogP contribution in [0.5, 0.6) is 0 Å². The molecule has 4 nitrogen and oxygen atoms in total. The molecule has 1 aromatic carbocycles. The van der Waals surface area contributed by atoms with E-state index in [0.717, 1.165) is 14.5 Å². The zero-order chi connectivity index (χ0) is 16.3. The number of pyridine rings is 1. The number of carbonyl (C=O) groups excluding carboxylic acids is 1. The number of hydrogen-bond donors (Lipinski definition) is 1. The van der Waals surface area contributed by atoms with Crippen LogP contribution in [-0.4, -0.2) is 10.5 Å².